The Bertz CT molecular complexity index is 1060. The van der Waals surface area contributed by atoms with Gasteiger partial charge in [0.15, 0.2) is 12.4 Å². The molecule has 5 atom stereocenters. The topological polar surface area (TPSA) is 207 Å². The Morgan fingerprint density at radius 3 is 2.24 bits per heavy atom. The number of aliphatic carboxylic acids is 2. The summed E-state index contributed by atoms with van der Waals surface area (Å²) in [5.41, 5.74) is -1.55. The number of rotatable bonds is 16. The number of ether oxygens (including phenoxy) is 2. The second-order valence-corrected chi connectivity index (χ2v) is 11.8. The highest BCUT2D eigenvalue weighted by Gasteiger charge is 2.50. The molecule has 2 amide bonds. The van der Waals surface area contributed by atoms with Crippen LogP contribution in [0.4, 0.5) is 0 Å². The maximum absolute atomic E-state index is 13.4. The van der Waals surface area contributed by atoms with Crippen LogP contribution in [0.3, 0.4) is 0 Å². The van der Waals surface area contributed by atoms with Crippen LogP contribution in [0.1, 0.15) is 58.8 Å². The number of oxime groups is 1. The number of carboxylic acids is 2. The molecule has 0 aromatic carbocycles. The first-order chi connectivity index (χ1) is 19.7. The molecule has 0 aromatic rings. The van der Waals surface area contributed by atoms with Crippen LogP contribution in [0.5, 0.6) is 0 Å². The van der Waals surface area contributed by atoms with Crippen molar-refractivity contribution in [2.45, 2.75) is 87.2 Å². The number of hydrogen-bond donors (Lipinski definition) is 4. The van der Waals surface area contributed by atoms with Gasteiger partial charge < -0.3 is 35.2 Å². The highest BCUT2D eigenvalue weighted by molar-refractivity contribution is 6.26. The van der Waals surface area contributed by atoms with Gasteiger partial charge in [0.25, 0.3) is 5.91 Å². The highest BCUT2D eigenvalue weighted by atomic mass is 35.5. The lowest BCUT2D eigenvalue weighted by Gasteiger charge is -2.30. The molecular weight excluding hydrogens is 601 g/mol. The number of carbonyl (C=O) groups is 6. The van der Waals surface area contributed by atoms with Crippen LogP contribution in [-0.4, -0.2) is 100 Å². The highest BCUT2D eigenvalue weighted by Crippen LogP contribution is 2.33. The zero-order valence-electron chi connectivity index (χ0n) is 23.6. The van der Waals surface area contributed by atoms with Gasteiger partial charge in [0.05, 0.1) is 37.1 Å². The van der Waals surface area contributed by atoms with Crippen LogP contribution in [0, 0.1) is 11.8 Å². The van der Waals surface area contributed by atoms with E-state index in [1.807, 2.05) is 0 Å². The summed E-state index contributed by atoms with van der Waals surface area (Å²) in [4.78, 5) is 79.0. The third kappa shape index (κ3) is 9.80. The van der Waals surface area contributed by atoms with Crippen molar-refractivity contribution in [3.63, 3.8) is 0 Å². The van der Waals surface area contributed by atoms with Crippen LogP contribution in [0.25, 0.3) is 0 Å². The van der Waals surface area contributed by atoms with E-state index in [0.717, 1.165) is 6.42 Å². The molecule has 1 saturated carbocycles. The Morgan fingerprint density at radius 2 is 1.69 bits per heavy atom. The van der Waals surface area contributed by atoms with Crippen molar-refractivity contribution in [3.05, 3.63) is 0 Å². The van der Waals surface area contributed by atoms with E-state index in [2.05, 4.69) is 15.8 Å². The van der Waals surface area contributed by atoms with Gasteiger partial charge in [-0.3, -0.25) is 28.8 Å². The molecule has 2 rings (SSSR count). The van der Waals surface area contributed by atoms with Crippen LogP contribution in [0.2, 0.25) is 0 Å². The standard InChI is InChI=1S/C26H37Cl2N3O11/c1-13(2)23(30-19(33)7-8-20(34)35)17-10-26(12-40-3,42-31-17)25(39)29-16(9-21(36)37)18(32)11-41-24(38)22-14(27)5-4-6-15(22)28/h13-16,22-23H,4-12H2,1-3H3,(H,29,39)(H,30,33)(H,34,35)(H,36,37)/t14?,15?,16-,22?,23-,26?/m0/s1. The van der Waals surface area contributed by atoms with Crippen molar-refractivity contribution in [1.82, 2.24) is 10.6 Å². The summed E-state index contributed by atoms with van der Waals surface area (Å²) in [7, 11) is 1.29. The van der Waals surface area contributed by atoms with E-state index in [1.54, 1.807) is 13.8 Å². The summed E-state index contributed by atoms with van der Waals surface area (Å²) < 4.78 is 10.3. The Hall–Kier alpha value is -2.97. The van der Waals surface area contributed by atoms with Gasteiger partial charge in [-0.15, -0.1) is 23.2 Å². The molecule has 1 heterocycles. The van der Waals surface area contributed by atoms with Crippen molar-refractivity contribution in [2.75, 3.05) is 20.3 Å². The van der Waals surface area contributed by atoms with E-state index >= 15 is 0 Å². The quantitative estimate of drug-likeness (QED) is 0.140. The second-order valence-electron chi connectivity index (χ2n) is 10.6. The van der Waals surface area contributed by atoms with Gasteiger partial charge in [0, 0.05) is 30.7 Å². The maximum Gasteiger partial charge on any atom is 0.312 e. The van der Waals surface area contributed by atoms with Gasteiger partial charge in [-0.2, -0.15) is 0 Å². The van der Waals surface area contributed by atoms with E-state index < -0.39 is 82.9 Å². The largest absolute Gasteiger partial charge is 0.481 e. The number of esters is 1. The molecule has 14 nitrogen and oxygen atoms in total. The summed E-state index contributed by atoms with van der Waals surface area (Å²) in [6, 6.07) is -2.31. The Balaban J connectivity index is 2.12. The fraction of sp³-hybridized carbons (Fsp3) is 0.731. The zero-order chi connectivity index (χ0) is 31.6. The molecule has 0 radical (unpaired) electrons. The number of hydrogen-bond acceptors (Lipinski definition) is 10. The molecule has 16 heteroatoms. The lowest BCUT2D eigenvalue weighted by Crippen LogP contribution is -2.56. The third-order valence-electron chi connectivity index (χ3n) is 6.94. The number of Topliss-reactive ketones (excluding diaryl/α,β-unsaturated/α-hetero) is 1. The number of alkyl halides is 2. The fourth-order valence-electron chi connectivity index (χ4n) is 4.71. The molecule has 2 aliphatic rings. The minimum absolute atomic E-state index is 0.187. The van der Waals surface area contributed by atoms with Crippen molar-refractivity contribution in [1.29, 1.82) is 0 Å². The molecular formula is C26H37Cl2N3O11. The summed E-state index contributed by atoms with van der Waals surface area (Å²) in [5, 5.41) is 26.1. The summed E-state index contributed by atoms with van der Waals surface area (Å²) in [6.07, 6.45) is 0.197. The van der Waals surface area contributed by atoms with Crippen LogP contribution < -0.4 is 10.6 Å². The summed E-state index contributed by atoms with van der Waals surface area (Å²) in [5.74, 6) is -6.74. The van der Waals surface area contributed by atoms with E-state index in [9.17, 15) is 33.9 Å². The predicted molar refractivity (Wildman–Crippen MR) is 148 cm³/mol. The number of nitrogens with one attached hydrogen (secondary N) is 2. The molecule has 236 valence electrons. The number of ketones is 1. The monoisotopic (exact) mass is 637 g/mol. The van der Waals surface area contributed by atoms with E-state index in [0.29, 0.717) is 12.8 Å². The fourth-order valence-corrected chi connectivity index (χ4v) is 5.65. The van der Waals surface area contributed by atoms with Gasteiger partial charge in [-0.25, -0.2) is 0 Å². The molecule has 1 aliphatic carbocycles. The van der Waals surface area contributed by atoms with Gasteiger partial charge >= 0.3 is 17.9 Å². The van der Waals surface area contributed by atoms with Crippen LogP contribution >= 0.6 is 23.2 Å². The Morgan fingerprint density at radius 1 is 1.05 bits per heavy atom. The van der Waals surface area contributed by atoms with Gasteiger partial charge in [-0.1, -0.05) is 25.4 Å². The van der Waals surface area contributed by atoms with Crippen LogP contribution in [-0.2, 0) is 43.1 Å². The lowest BCUT2D eigenvalue weighted by atomic mass is 9.88. The SMILES string of the molecule is COCC1(C(=O)N[C@@H](CC(=O)O)C(=O)COC(=O)C2C(Cl)CCCC2Cl)CC([C@@H](NC(=O)CCC(=O)O)C(C)C)=NO1. The van der Waals surface area contributed by atoms with Crippen molar-refractivity contribution < 1.29 is 53.3 Å². The predicted octanol–water partition coefficient (Wildman–Crippen LogP) is 1.24. The molecule has 4 N–H and O–H groups in total. The zero-order valence-corrected chi connectivity index (χ0v) is 25.1. The summed E-state index contributed by atoms with van der Waals surface area (Å²) >= 11 is 12.5. The summed E-state index contributed by atoms with van der Waals surface area (Å²) in [6.45, 7) is 2.38. The second kappa shape index (κ2) is 16.0. The van der Waals surface area contributed by atoms with Gasteiger partial charge in [-0.05, 0) is 18.8 Å². The maximum atomic E-state index is 13.4. The number of carboxylic acid groups (broad SMARTS) is 2. The number of methoxy groups -OCH3 is 1. The number of halogens is 2. The first-order valence-electron chi connectivity index (χ1n) is 13.5. The molecule has 1 aliphatic heterocycles. The van der Waals surface area contributed by atoms with Crippen LogP contribution in [0.15, 0.2) is 5.16 Å². The number of nitrogens with zero attached hydrogens (tertiary/aromatic N) is 1. The normalized spacial score (nSPS) is 25.0. The smallest absolute Gasteiger partial charge is 0.312 e. The van der Waals surface area contributed by atoms with E-state index in [-0.39, 0.29) is 37.5 Å². The van der Waals surface area contributed by atoms with Crippen molar-refractivity contribution in [2.24, 2.45) is 17.0 Å². The molecule has 0 aromatic heterocycles. The number of amides is 2. The lowest BCUT2D eigenvalue weighted by molar-refractivity contribution is -0.156. The van der Waals surface area contributed by atoms with E-state index in [1.165, 1.54) is 7.11 Å². The molecule has 0 spiro atoms. The minimum atomic E-state index is -1.81. The average molecular weight is 638 g/mol. The van der Waals surface area contributed by atoms with E-state index in [4.69, 9.17) is 42.6 Å². The van der Waals surface area contributed by atoms with Gasteiger partial charge in [0.2, 0.25) is 11.5 Å². The molecule has 0 saturated heterocycles. The third-order valence-corrected chi connectivity index (χ3v) is 7.92. The molecule has 1 fully saturated rings. The minimum Gasteiger partial charge on any atom is -0.481 e. The first kappa shape index (κ1) is 35.2. The number of carbonyl (C=O) groups excluding carboxylic acids is 4. The Labute approximate surface area is 252 Å². The molecule has 42 heavy (non-hydrogen) atoms. The van der Waals surface area contributed by atoms with Gasteiger partial charge in [0.1, 0.15) is 6.04 Å². The first-order valence-corrected chi connectivity index (χ1v) is 14.3. The molecule has 0 bridgehead atoms. The van der Waals surface area contributed by atoms with Crippen molar-refractivity contribution in [3.8, 4) is 0 Å². The Kier molecular flexibility index (Phi) is 13.4. The average Bonchev–Trinajstić information content (AvgIpc) is 3.33. The van der Waals surface area contributed by atoms with Crippen molar-refractivity contribution >= 4 is 64.4 Å². The molecule has 3 unspecified atom stereocenters.